The Balaban J connectivity index is 1.57. The van der Waals surface area contributed by atoms with Gasteiger partial charge in [0.25, 0.3) is 5.91 Å². The molecular formula is C21H26N4O. The second-order valence-electron chi connectivity index (χ2n) is 7.28. The molecule has 1 fully saturated rings. The maximum absolute atomic E-state index is 13.4. The van der Waals surface area contributed by atoms with Crippen LogP contribution in [0.25, 0.3) is 10.9 Å². The molecular weight excluding hydrogens is 324 g/mol. The maximum atomic E-state index is 13.4. The smallest absolute Gasteiger partial charge is 0.256 e. The highest BCUT2D eigenvalue weighted by molar-refractivity contribution is 6.07. The van der Waals surface area contributed by atoms with E-state index in [4.69, 9.17) is 0 Å². The Labute approximate surface area is 154 Å². The fourth-order valence-corrected chi connectivity index (χ4v) is 4.16. The summed E-state index contributed by atoms with van der Waals surface area (Å²) in [6.07, 6.45) is 10.2. The van der Waals surface area contributed by atoms with E-state index in [9.17, 15) is 4.79 Å². The van der Waals surface area contributed by atoms with Crippen molar-refractivity contribution in [1.82, 2.24) is 19.0 Å². The molecule has 5 heteroatoms. The lowest BCUT2D eigenvalue weighted by Crippen LogP contribution is -2.44. The summed E-state index contributed by atoms with van der Waals surface area (Å²) in [6.45, 7) is 3.80. The lowest BCUT2D eigenvalue weighted by atomic mass is 9.98. The van der Waals surface area contributed by atoms with Crippen LogP contribution in [0.5, 0.6) is 0 Å². The number of hydrogen-bond acceptors (Lipinski definition) is 2. The van der Waals surface area contributed by atoms with Crippen LogP contribution >= 0.6 is 0 Å². The number of amides is 1. The first-order valence-electron chi connectivity index (χ1n) is 9.48. The third-order valence-electron chi connectivity index (χ3n) is 5.64. The molecule has 1 aliphatic rings. The number of imidazole rings is 1. The predicted octanol–water partition coefficient (Wildman–Crippen LogP) is 3.77. The molecule has 4 rings (SSSR count). The van der Waals surface area contributed by atoms with Crippen molar-refractivity contribution in [2.75, 3.05) is 6.54 Å². The average Bonchev–Trinajstić information content (AvgIpc) is 3.23. The first-order chi connectivity index (χ1) is 12.6. The van der Waals surface area contributed by atoms with Gasteiger partial charge in [-0.3, -0.25) is 4.79 Å². The van der Waals surface area contributed by atoms with E-state index in [1.165, 1.54) is 6.42 Å². The van der Waals surface area contributed by atoms with Crippen molar-refractivity contribution >= 4 is 16.8 Å². The number of nitrogens with zero attached hydrogens (tertiary/aromatic N) is 4. The number of fused-ring (bicyclic) bond motifs is 1. The zero-order valence-corrected chi connectivity index (χ0v) is 15.6. The first-order valence-corrected chi connectivity index (χ1v) is 9.48. The molecule has 1 aromatic carbocycles. The fraction of sp³-hybridized carbons (Fsp3) is 0.429. The zero-order valence-electron chi connectivity index (χ0n) is 15.6. The van der Waals surface area contributed by atoms with Crippen molar-refractivity contribution in [2.24, 2.45) is 7.05 Å². The molecule has 0 spiro atoms. The number of hydrogen-bond donors (Lipinski definition) is 0. The molecule has 1 saturated heterocycles. The predicted molar refractivity (Wildman–Crippen MR) is 103 cm³/mol. The van der Waals surface area contributed by atoms with Gasteiger partial charge in [-0.1, -0.05) is 18.2 Å². The van der Waals surface area contributed by atoms with Gasteiger partial charge in [0.05, 0.1) is 5.56 Å². The number of carbonyl (C=O) groups is 1. The van der Waals surface area contributed by atoms with Crippen LogP contribution in [0, 0.1) is 6.92 Å². The molecule has 1 unspecified atom stereocenters. The van der Waals surface area contributed by atoms with Crippen LogP contribution in [-0.2, 0) is 13.6 Å². The van der Waals surface area contributed by atoms with Gasteiger partial charge in [-0.2, -0.15) is 0 Å². The van der Waals surface area contributed by atoms with Crippen LogP contribution in [0.2, 0.25) is 0 Å². The highest BCUT2D eigenvalue weighted by Crippen LogP contribution is 2.27. The number of aryl methyl sites for hydroxylation is 3. The van der Waals surface area contributed by atoms with Crippen LogP contribution in [-0.4, -0.2) is 37.5 Å². The largest absolute Gasteiger partial charge is 0.350 e. The summed E-state index contributed by atoms with van der Waals surface area (Å²) in [5.74, 6) is 1.21. The summed E-state index contributed by atoms with van der Waals surface area (Å²) < 4.78 is 4.23. The van der Waals surface area contributed by atoms with Crippen LogP contribution < -0.4 is 0 Å². The van der Waals surface area contributed by atoms with Crippen LogP contribution in [0.1, 0.15) is 41.9 Å². The first kappa shape index (κ1) is 16.9. The highest BCUT2D eigenvalue weighted by atomic mass is 16.2. The van der Waals surface area contributed by atoms with Crippen molar-refractivity contribution < 1.29 is 4.79 Å². The lowest BCUT2D eigenvalue weighted by molar-refractivity contribution is 0.0597. The quantitative estimate of drug-likeness (QED) is 0.719. The summed E-state index contributed by atoms with van der Waals surface area (Å²) in [6, 6.07) is 8.46. The normalized spacial score (nSPS) is 17.8. The molecule has 1 atom stereocenters. The highest BCUT2D eigenvalue weighted by Gasteiger charge is 2.29. The standard InChI is InChI=1S/C21H26N4O/c1-16-22-11-14-24(16)13-10-17-7-5-6-12-25(17)21(26)19-15-23(2)20-9-4-3-8-18(19)20/h3-4,8-9,11,14-15,17H,5-7,10,12-13H2,1-2H3. The van der Waals surface area contributed by atoms with Crippen molar-refractivity contribution in [3.8, 4) is 0 Å². The Morgan fingerprint density at radius 2 is 2.12 bits per heavy atom. The summed E-state index contributed by atoms with van der Waals surface area (Å²) >= 11 is 0. The van der Waals surface area contributed by atoms with Gasteiger partial charge in [-0.05, 0) is 38.7 Å². The molecule has 0 saturated carbocycles. The summed E-state index contributed by atoms with van der Waals surface area (Å²) in [5.41, 5.74) is 1.94. The monoisotopic (exact) mass is 350 g/mol. The molecule has 5 nitrogen and oxygen atoms in total. The molecule has 2 aromatic heterocycles. The molecule has 3 heterocycles. The van der Waals surface area contributed by atoms with Crippen molar-refractivity contribution in [3.05, 3.63) is 54.2 Å². The Morgan fingerprint density at radius 3 is 2.92 bits per heavy atom. The lowest BCUT2D eigenvalue weighted by Gasteiger charge is -2.36. The van der Waals surface area contributed by atoms with E-state index < -0.39 is 0 Å². The molecule has 136 valence electrons. The number of aromatic nitrogens is 3. The minimum Gasteiger partial charge on any atom is -0.350 e. The molecule has 3 aromatic rings. The molecule has 0 N–H and O–H groups in total. The van der Waals surface area contributed by atoms with Gasteiger partial charge in [0.15, 0.2) is 0 Å². The number of benzene rings is 1. The van der Waals surface area contributed by atoms with E-state index in [0.29, 0.717) is 6.04 Å². The van der Waals surface area contributed by atoms with E-state index in [-0.39, 0.29) is 5.91 Å². The van der Waals surface area contributed by atoms with Crippen molar-refractivity contribution in [3.63, 3.8) is 0 Å². The Bertz CT molecular complexity index is 923. The van der Waals surface area contributed by atoms with Gasteiger partial charge >= 0.3 is 0 Å². The Kier molecular flexibility index (Phi) is 4.53. The SMILES string of the molecule is Cc1nccn1CCC1CCCCN1C(=O)c1cn(C)c2ccccc12. The summed E-state index contributed by atoms with van der Waals surface area (Å²) in [5, 5.41) is 1.05. The van der Waals surface area contributed by atoms with E-state index in [2.05, 4.69) is 31.2 Å². The van der Waals surface area contributed by atoms with Crippen molar-refractivity contribution in [1.29, 1.82) is 0 Å². The van der Waals surface area contributed by atoms with E-state index >= 15 is 0 Å². The fourth-order valence-electron chi connectivity index (χ4n) is 4.16. The number of rotatable bonds is 4. The van der Waals surface area contributed by atoms with E-state index in [1.54, 1.807) is 0 Å². The minimum atomic E-state index is 0.175. The van der Waals surface area contributed by atoms with Gasteiger partial charge in [-0.15, -0.1) is 0 Å². The Morgan fingerprint density at radius 1 is 1.27 bits per heavy atom. The van der Waals surface area contributed by atoms with Crippen LogP contribution in [0.4, 0.5) is 0 Å². The molecule has 0 aliphatic carbocycles. The van der Waals surface area contributed by atoms with E-state index in [1.807, 2.05) is 44.7 Å². The molecule has 1 amide bonds. The second kappa shape index (κ2) is 6.98. The third kappa shape index (κ3) is 3.02. The van der Waals surface area contributed by atoms with Gasteiger partial charge in [-0.25, -0.2) is 4.98 Å². The van der Waals surface area contributed by atoms with Gasteiger partial charge in [0.2, 0.25) is 0 Å². The Hall–Kier alpha value is -2.56. The van der Waals surface area contributed by atoms with Gasteiger partial charge < -0.3 is 14.0 Å². The molecule has 1 aliphatic heterocycles. The number of likely N-dealkylation sites (tertiary alicyclic amines) is 1. The topological polar surface area (TPSA) is 43.1 Å². The average molecular weight is 350 g/mol. The molecule has 0 bridgehead atoms. The number of carbonyl (C=O) groups excluding carboxylic acids is 1. The molecule has 0 radical (unpaired) electrons. The van der Waals surface area contributed by atoms with Gasteiger partial charge in [0.1, 0.15) is 5.82 Å². The number of para-hydroxylation sites is 1. The molecule has 26 heavy (non-hydrogen) atoms. The van der Waals surface area contributed by atoms with E-state index in [0.717, 1.165) is 54.6 Å². The van der Waals surface area contributed by atoms with Crippen LogP contribution in [0.15, 0.2) is 42.9 Å². The second-order valence-corrected chi connectivity index (χ2v) is 7.28. The maximum Gasteiger partial charge on any atom is 0.256 e. The zero-order chi connectivity index (χ0) is 18.1. The minimum absolute atomic E-state index is 0.175. The van der Waals surface area contributed by atoms with Crippen LogP contribution in [0.3, 0.4) is 0 Å². The van der Waals surface area contributed by atoms with Crippen molar-refractivity contribution in [2.45, 2.75) is 45.2 Å². The summed E-state index contributed by atoms with van der Waals surface area (Å²) in [4.78, 5) is 19.8. The number of piperidine rings is 1. The summed E-state index contributed by atoms with van der Waals surface area (Å²) in [7, 11) is 2.01. The third-order valence-corrected chi connectivity index (χ3v) is 5.64. The van der Waals surface area contributed by atoms with Gasteiger partial charge in [0, 0.05) is 55.7 Å².